The van der Waals surface area contributed by atoms with Crippen molar-refractivity contribution >= 4 is 5.91 Å². The molecule has 0 saturated heterocycles. The van der Waals surface area contributed by atoms with Crippen LogP contribution in [0.25, 0.3) is 0 Å². The lowest BCUT2D eigenvalue weighted by molar-refractivity contribution is -0.130. The van der Waals surface area contributed by atoms with Crippen molar-refractivity contribution in [2.45, 2.75) is 38.8 Å². The maximum Gasteiger partial charge on any atom is 0.248 e. The molecule has 0 aliphatic carbocycles. The van der Waals surface area contributed by atoms with Gasteiger partial charge < -0.3 is 15.8 Å². The average Bonchev–Trinajstić information content (AvgIpc) is 2.13. The van der Waals surface area contributed by atoms with E-state index in [0.717, 1.165) is 12.8 Å². The molecule has 78 valence electrons. The monoisotopic (exact) mass is 188 g/mol. The number of carbonyl (C=O) groups excluding carboxylic acids is 1. The number of amides is 1. The third-order valence-corrected chi connectivity index (χ3v) is 1.92. The van der Waals surface area contributed by atoms with Gasteiger partial charge in [-0.25, -0.2) is 0 Å². The van der Waals surface area contributed by atoms with Crippen molar-refractivity contribution in [1.29, 1.82) is 0 Å². The SMILES string of the molecule is CCCC(N)CNC(=O)C(C)OC. The molecule has 2 unspecified atom stereocenters. The molecular formula is C9H20N2O2. The van der Waals surface area contributed by atoms with Crippen LogP contribution in [-0.2, 0) is 9.53 Å². The number of nitrogens with two attached hydrogens (primary N) is 1. The van der Waals surface area contributed by atoms with Crippen molar-refractivity contribution in [2.24, 2.45) is 5.73 Å². The smallest absolute Gasteiger partial charge is 0.248 e. The number of rotatable bonds is 6. The van der Waals surface area contributed by atoms with Gasteiger partial charge in [0.15, 0.2) is 0 Å². The first kappa shape index (κ1) is 12.4. The molecule has 4 nitrogen and oxygen atoms in total. The van der Waals surface area contributed by atoms with Crippen LogP contribution in [0, 0.1) is 0 Å². The van der Waals surface area contributed by atoms with Gasteiger partial charge in [0.25, 0.3) is 0 Å². The average molecular weight is 188 g/mol. The van der Waals surface area contributed by atoms with E-state index in [1.54, 1.807) is 6.92 Å². The molecule has 0 aliphatic rings. The van der Waals surface area contributed by atoms with Gasteiger partial charge in [-0.15, -0.1) is 0 Å². The van der Waals surface area contributed by atoms with Crippen LogP contribution in [-0.4, -0.2) is 31.7 Å². The van der Waals surface area contributed by atoms with Gasteiger partial charge in [0.2, 0.25) is 5.91 Å². The zero-order chi connectivity index (χ0) is 10.3. The minimum absolute atomic E-state index is 0.0537. The van der Waals surface area contributed by atoms with E-state index in [1.165, 1.54) is 7.11 Å². The number of hydrogen-bond donors (Lipinski definition) is 2. The molecule has 4 heteroatoms. The Kier molecular flexibility index (Phi) is 6.54. The fraction of sp³-hybridized carbons (Fsp3) is 0.889. The fourth-order valence-corrected chi connectivity index (χ4v) is 0.955. The largest absolute Gasteiger partial charge is 0.372 e. The van der Waals surface area contributed by atoms with E-state index >= 15 is 0 Å². The Morgan fingerprint density at radius 3 is 2.69 bits per heavy atom. The summed E-state index contributed by atoms with van der Waals surface area (Å²) in [5.41, 5.74) is 5.72. The summed E-state index contributed by atoms with van der Waals surface area (Å²) < 4.78 is 4.85. The molecule has 0 aromatic rings. The van der Waals surface area contributed by atoms with Crippen LogP contribution in [0.1, 0.15) is 26.7 Å². The summed E-state index contributed by atoms with van der Waals surface area (Å²) in [5, 5.41) is 2.73. The molecule has 0 heterocycles. The molecule has 0 radical (unpaired) electrons. The lowest BCUT2D eigenvalue weighted by Crippen LogP contribution is -2.41. The van der Waals surface area contributed by atoms with Crippen LogP contribution in [0.4, 0.5) is 0 Å². The fourth-order valence-electron chi connectivity index (χ4n) is 0.955. The van der Waals surface area contributed by atoms with Gasteiger partial charge in [-0.1, -0.05) is 13.3 Å². The Morgan fingerprint density at radius 2 is 2.23 bits per heavy atom. The highest BCUT2D eigenvalue weighted by Gasteiger charge is 2.11. The predicted octanol–water partition coefficient (Wildman–Crippen LogP) is 0.265. The summed E-state index contributed by atoms with van der Waals surface area (Å²) in [7, 11) is 1.51. The molecule has 3 N–H and O–H groups in total. The van der Waals surface area contributed by atoms with Crippen LogP contribution in [0.15, 0.2) is 0 Å². The summed E-state index contributed by atoms with van der Waals surface area (Å²) in [6, 6.07) is 0.0537. The summed E-state index contributed by atoms with van der Waals surface area (Å²) in [4.78, 5) is 11.2. The van der Waals surface area contributed by atoms with Crippen LogP contribution < -0.4 is 11.1 Å². The van der Waals surface area contributed by atoms with Gasteiger partial charge in [-0.05, 0) is 13.3 Å². The van der Waals surface area contributed by atoms with Gasteiger partial charge in [-0.3, -0.25) is 4.79 Å². The Hall–Kier alpha value is -0.610. The zero-order valence-corrected chi connectivity index (χ0v) is 8.67. The summed E-state index contributed by atoms with van der Waals surface area (Å²) >= 11 is 0. The summed E-state index contributed by atoms with van der Waals surface area (Å²) in [6.07, 6.45) is 1.58. The molecule has 2 atom stereocenters. The number of hydrogen-bond acceptors (Lipinski definition) is 3. The molecule has 0 aromatic carbocycles. The molecule has 0 spiro atoms. The first-order valence-electron chi connectivity index (χ1n) is 4.67. The van der Waals surface area contributed by atoms with E-state index in [0.29, 0.717) is 6.54 Å². The Bertz CT molecular complexity index is 151. The molecule has 1 amide bonds. The van der Waals surface area contributed by atoms with E-state index < -0.39 is 6.10 Å². The van der Waals surface area contributed by atoms with Gasteiger partial charge in [0, 0.05) is 19.7 Å². The highest BCUT2D eigenvalue weighted by atomic mass is 16.5. The van der Waals surface area contributed by atoms with E-state index in [2.05, 4.69) is 12.2 Å². The normalized spacial score (nSPS) is 15.1. The molecule has 0 saturated carbocycles. The van der Waals surface area contributed by atoms with Crippen LogP contribution in [0.2, 0.25) is 0 Å². The van der Waals surface area contributed by atoms with Crippen LogP contribution >= 0.6 is 0 Å². The summed E-state index contributed by atoms with van der Waals surface area (Å²) in [5.74, 6) is -0.103. The van der Waals surface area contributed by atoms with Crippen LogP contribution in [0.3, 0.4) is 0 Å². The van der Waals surface area contributed by atoms with Gasteiger partial charge >= 0.3 is 0 Å². The van der Waals surface area contributed by atoms with Crippen molar-refractivity contribution in [3.8, 4) is 0 Å². The van der Waals surface area contributed by atoms with E-state index in [4.69, 9.17) is 10.5 Å². The zero-order valence-electron chi connectivity index (χ0n) is 8.67. The number of methoxy groups -OCH3 is 1. The molecule has 13 heavy (non-hydrogen) atoms. The predicted molar refractivity (Wildman–Crippen MR) is 52.4 cm³/mol. The topological polar surface area (TPSA) is 64.3 Å². The molecule has 0 rings (SSSR count). The molecular weight excluding hydrogens is 168 g/mol. The number of nitrogens with one attached hydrogen (secondary N) is 1. The standard InChI is InChI=1S/C9H20N2O2/c1-4-5-8(10)6-11-9(12)7(2)13-3/h7-8H,4-6,10H2,1-3H3,(H,11,12). The lowest BCUT2D eigenvalue weighted by Gasteiger charge is -2.14. The Balaban J connectivity index is 3.57. The molecule has 0 bridgehead atoms. The highest BCUT2D eigenvalue weighted by Crippen LogP contribution is 1.92. The third kappa shape index (κ3) is 5.60. The van der Waals surface area contributed by atoms with E-state index in [1.807, 2.05) is 0 Å². The second kappa shape index (κ2) is 6.86. The lowest BCUT2D eigenvalue weighted by atomic mass is 10.2. The van der Waals surface area contributed by atoms with Crippen molar-refractivity contribution in [1.82, 2.24) is 5.32 Å². The minimum Gasteiger partial charge on any atom is -0.372 e. The minimum atomic E-state index is -0.395. The Labute approximate surface area is 79.8 Å². The van der Waals surface area contributed by atoms with Crippen molar-refractivity contribution in [3.05, 3.63) is 0 Å². The highest BCUT2D eigenvalue weighted by molar-refractivity contribution is 5.80. The van der Waals surface area contributed by atoms with E-state index in [9.17, 15) is 4.79 Å². The van der Waals surface area contributed by atoms with Crippen molar-refractivity contribution in [2.75, 3.05) is 13.7 Å². The molecule has 0 fully saturated rings. The quantitative estimate of drug-likeness (QED) is 0.628. The maximum atomic E-state index is 11.2. The third-order valence-electron chi connectivity index (χ3n) is 1.92. The Morgan fingerprint density at radius 1 is 1.62 bits per heavy atom. The van der Waals surface area contributed by atoms with Gasteiger partial charge in [0.1, 0.15) is 6.10 Å². The molecule has 0 aliphatic heterocycles. The summed E-state index contributed by atoms with van der Waals surface area (Å²) in [6.45, 7) is 4.31. The van der Waals surface area contributed by atoms with Crippen molar-refractivity contribution in [3.63, 3.8) is 0 Å². The van der Waals surface area contributed by atoms with E-state index in [-0.39, 0.29) is 11.9 Å². The van der Waals surface area contributed by atoms with Crippen molar-refractivity contribution < 1.29 is 9.53 Å². The number of carbonyl (C=O) groups is 1. The first-order chi connectivity index (χ1) is 6.11. The maximum absolute atomic E-state index is 11.2. The second-order valence-electron chi connectivity index (χ2n) is 3.17. The van der Waals surface area contributed by atoms with Gasteiger partial charge in [0.05, 0.1) is 0 Å². The van der Waals surface area contributed by atoms with Gasteiger partial charge in [-0.2, -0.15) is 0 Å². The molecule has 0 aromatic heterocycles. The first-order valence-corrected chi connectivity index (χ1v) is 4.67. The number of ether oxygens (including phenoxy) is 1. The van der Waals surface area contributed by atoms with Crippen LogP contribution in [0.5, 0.6) is 0 Å². The second-order valence-corrected chi connectivity index (χ2v) is 3.17.